The molecule has 0 aliphatic heterocycles. The van der Waals surface area contributed by atoms with Gasteiger partial charge < -0.3 is 9.88 Å². The van der Waals surface area contributed by atoms with Crippen molar-refractivity contribution in [2.45, 2.75) is 38.3 Å². The maximum atomic E-state index is 4.50. The zero-order valence-corrected chi connectivity index (χ0v) is 15.6. The van der Waals surface area contributed by atoms with Crippen LogP contribution >= 0.6 is 11.9 Å². The zero-order chi connectivity index (χ0) is 17.1. The molecule has 1 aliphatic rings. The van der Waals surface area contributed by atoms with Gasteiger partial charge in [0.1, 0.15) is 17.8 Å². The fourth-order valence-corrected chi connectivity index (χ4v) is 4.26. The standard InChI is InChI=1S/C18H27N5S/c1-5-6-13(2)23(4)24-11-14-9-15(10-14)22(3)18-16-7-8-19-17(16)20-12-21-18/h5,7-8,12-15H,1,6,9-11H2,2-4H3,(H,19,20,21)/t13?,14-,15+. The second-order valence-corrected chi connectivity index (χ2v) is 7.92. The van der Waals surface area contributed by atoms with E-state index in [0.717, 1.165) is 29.2 Å². The van der Waals surface area contributed by atoms with Crippen molar-refractivity contribution in [3.63, 3.8) is 0 Å². The van der Waals surface area contributed by atoms with Crippen LogP contribution in [0.2, 0.25) is 0 Å². The van der Waals surface area contributed by atoms with E-state index in [1.54, 1.807) is 6.33 Å². The topological polar surface area (TPSA) is 48.1 Å². The molecular weight excluding hydrogens is 318 g/mol. The first-order valence-electron chi connectivity index (χ1n) is 8.57. The molecular formula is C18H27N5S. The van der Waals surface area contributed by atoms with Crippen LogP contribution in [0.1, 0.15) is 26.2 Å². The Hall–Kier alpha value is -1.53. The van der Waals surface area contributed by atoms with Crippen LogP contribution in [0, 0.1) is 5.92 Å². The third kappa shape index (κ3) is 3.59. The maximum Gasteiger partial charge on any atom is 0.142 e. The van der Waals surface area contributed by atoms with E-state index in [9.17, 15) is 0 Å². The van der Waals surface area contributed by atoms with Crippen molar-refractivity contribution in [3.05, 3.63) is 31.2 Å². The molecule has 1 atom stereocenters. The third-order valence-electron chi connectivity index (χ3n) is 5.07. The number of fused-ring (bicyclic) bond motifs is 1. The lowest BCUT2D eigenvalue weighted by Gasteiger charge is -2.42. The Kier molecular flexibility index (Phi) is 5.46. The minimum Gasteiger partial charge on any atom is -0.356 e. The van der Waals surface area contributed by atoms with Gasteiger partial charge in [-0.25, -0.2) is 9.97 Å². The summed E-state index contributed by atoms with van der Waals surface area (Å²) in [6, 6.07) is 3.19. The Morgan fingerprint density at radius 2 is 2.21 bits per heavy atom. The smallest absolute Gasteiger partial charge is 0.142 e. The summed E-state index contributed by atoms with van der Waals surface area (Å²) in [7, 11) is 4.34. The van der Waals surface area contributed by atoms with E-state index in [0.29, 0.717) is 12.1 Å². The van der Waals surface area contributed by atoms with Gasteiger partial charge in [-0.2, -0.15) is 0 Å². The molecule has 2 heterocycles. The van der Waals surface area contributed by atoms with Crippen LogP contribution in [0.4, 0.5) is 5.82 Å². The highest BCUT2D eigenvalue weighted by molar-refractivity contribution is 7.97. The molecule has 1 saturated carbocycles. The quantitative estimate of drug-likeness (QED) is 0.584. The molecule has 6 heteroatoms. The second-order valence-electron chi connectivity index (χ2n) is 6.75. The fraction of sp³-hybridized carbons (Fsp3) is 0.556. The van der Waals surface area contributed by atoms with Crippen molar-refractivity contribution in [2.24, 2.45) is 5.92 Å². The second kappa shape index (κ2) is 7.57. The van der Waals surface area contributed by atoms with Gasteiger partial charge in [0.25, 0.3) is 0 Å². The van der Waals surface area contributed by atoms with Crippen LogP contribution in [0.25, 0.3) is 11.0 Å². The molecule has 3 rings (SSSR count). The maximum absolute atomic E-state index is 4.50. The van der Waals surface area contributed by atoms with Gasteiger partial charge in [0.05, 0.1) is 5.39 Å². The van der Waals surface area contributed by atoms with Gasteiger partial charge in [-0.3, -0.25) is 4.31 Å². The van der Waals surface area contributed by atoms with E-state index in [-0.39, 0.29) is 0 Å². The SMILES string of the molecule is C=CCC(C)N(C)SC[C@H]1C[C@@H](N(C)c2ncnc3[nH]ccc23)C1. The Morgan fingerprint density at radius 1 is 1.42 bits per heavy atom. The minimum atomic E-state index is 0.550. The van der Waals surface area contributed by atoms with E-state index >= 15 is 0 Å². The van der Waals surface area contributed by atoms with Crippen LogP contribution in [-0.4, -0.2) is 51.2 Å². The highest BCUT2D eigenvalue weighted by Crippen LogP contribution is 2.37. The number of nitrogens with one attached hydrogen (secondary N) is 1. The Balaban J connectivity index is 1.50. The molecule has 1 unspecified atom stereocenters. The summed E-state index contributed by atoms with van der Waals surface area (Å²) >= 11 is 1.96. The summed E-state index contributed by atoms with van der Waals surface area (Å²) in [6.07, 6.45) is 9.09. The molecule has 0 bridgehead atoms. The van der Waals surface area contributed by atoms with Gasteiger partial charge in [-0.1, -0.05) is 18.0 Å². The van der Waals surface area contributed by atoms with E-state index in [4.69, 9.17) is 0 Å². The summed E-state index contributed by atoms with van der Waals surface area (Å²) in [6.45, 7) is 6.08. The number of anilines is 1. The molecule has 2 aromatic heterocycles. The largest absolute Gasteiger partial charge is 0.356 e. The lowest BCUT2D eigenvalue weighted by atomic mass is 9.81. The molecule has 130 valence electrons. The first-order valence-corrected chi connectivity index (χ1v) is 9.52. The molecule has 2 aromatic rings. The van der Waals surface area contributed by atoms with Gasteiger partial charge in [0.2, 0.25) is 0 Å². The van der Waals surface area contributed by atoms with Crippen molar-refractivity contribution >= 4 is 28.8 Å². The fourth-order valence-electron chi connectivity index (χ4n) is 3.21. The number of H-pyrrole nitrogens is 1. The molecule has 1 N–H and O–H groups in total. The van der Waals surface area contributed by atoms with E-state index in [1.807, 2.05) is 24.2 Å². The summed E-state index contributed by atoms with van der Waals surface area (Å²) in [5.41, 5.74) is 0.913. The first-order chi connectivity index (χ1) is 11.6. The molecule has 24 heavy (non-hydrogen) atoms. The first kappa shape index (κ1) is 17.3. The molecule has 0 radical (unpaired) electrons. The molecule has 0 saturated heterocycles. The van der Waals surface area contributed by atoms with Gasteiger partial charge >= 0.3 is 0 Å². The van der Waals surface area contributed by atoms with Crippen LogP contribution in [0.5, 0.6) is 0 Å². The Labute approximate surface area is 148 Å². The van der Waals surface area contributed by atoms with Gasteiger partial charge in [-0.15, -0.1) is 6.58 Å². The van der Waals surface area contributed by atoms with Crippen molar-refractivity contribution in [1.82, 2.24) is 19.3 Å². The zero-order valence-electron chi connectivity index (χ0n) is 14.8. The molecule has 0 spiro atoms. The number of hydrogen-bond acceptors (Lipinski definition) is 5. The number of aromatic nitrogens is 3. The summed E-state index contributed by atoms with van der Waals surface area (Å²) in [5.74, 6) is 3.03. The predicted molar refractivity (Wildman–Crippen MR) is 103 cm³/mol. The Morgan fingerprint density at radius 3 is 2.96 bits per heavy atom. The van der Waals surface area contributed by atoms with Crippen molar-refractivity contribution in [2.75, 3.05) is 24.7 Å². The predicted octanol–water partition coefficient (Wildman–Crippen LogP) is 3.72. The average molecular weight is 346 g/mol. The number of nitrogens with zero attached hydrogens (tertiary/aromatic N) is 4. The van der Waals surface area contributed by atoms with Crippen molar-refractivity contribution < 1.29 is 0 Å². The van der Waals surface area contributed by atoms with Gasteiger partial charge in [0, 0.05) is 31.1 Å². The normalized spacial score (nSPS) is 21.7. The number of hydrogen-bond donors (Lipinski definition) is 1. The summed E-state index contributed by atoms with van der Waals surface area (Å²) in [5, 5.41) is 1.11. The molecule has 0 amide bonds. The van der Waals surface area contributed by atoms with Gasteiger partial charge in [-0.05, 0) is 45.2 Å². The summed E-state index contributed by atoms with van der Waals surface area (Å²) in [4.78, 5) is 14.3. The van der Waals surface area contributed by atoms with Crippen LogP contribution in [0.15, 0.2) is 31.2 Å². The average Bonchev–Trinajstić information content (AvgIpc) is 3.01. The van der Waals surface area contributed by atoms with Crippen molar-refractivity contribution in [1.29, 1.82) is 0 Å². The van der Waals surface area contributed by atoms with Gasteiger partial charge in [0.15, 0.2) is 0 Å². The highest BCUT2D eigenvalue weighted by Gasteiger charge is 2.33. The highest BCUT2D eigenvalue weighted by atomic mass is 32.2. The molecule has 1 aliphatic carbocycles. The van der Waals surface area contributed by atoms with Crippen molar-refractivity contribution in [3.8, 4) is 0 Å². The van der Waals surface area contributed by atoms with Crippen LogP contribution < -0.4 is 4.90 Å². The van der Waals surface area contributed by atoms with E-state index in [1.165, 1.54) is 18.6 Å². The van der Waals surface area contributed by atoms with Crippen LogP contribution in [0.3, 0.4) is 0 Å². The van der Waals surface area contributed by atoms with E-state index in [2.05, 4.69) is 57.8 Å². The van der Waals surface area contributed by atoms with E-state index < -0.39 is 0 Å². The minimum absolute atomic E-state index is 0.550. The lowest BCUT2D eigenvalue weighted by molar-refractivity contribution is 0.283. The number of aromatic amines is 1. The molecule has 0 aromatic carbocycles. The van der Waals surface area contributed by atoms with Crippen LogP contribution in [-0.2, 0) is 0 Å². The monoisotopic (exact) mass is 345 g/mol. The number of rotatable bonds is 8. The third-order valence-corrected chi connectivity index (χ3v) is 6.46. The molecule has 1 fully saturated rings. The summed E-state index contributed by atoms with van der Waals surface area (Å²) < 4.78 is 2.37. The Bertz CT molecular complexity index is 679. The lowest BCUT2D eigenvalue weighted by Crippen LogP contribution is -2.44. The molecule has 5 nitrogen and oxygen atoms in total.